The molecule has 1 atom stereocenters. The number of sulfonamides is 1. The highest BCUT2D eigenvalue weighted by atomic mass is 32.2. The van der Waals surface area contributed by atoms with E-state index in [2.05, 4.69) is 10.8 Å². The highest BCUT2D eigenvalue weighted by molar-refractivity contribution is 7.89. The van der Waals surface area contributed by atoms with Gasteiger partial charge < -0.3 is 5.11 Å². The van der Waals surface area contributed by atoms with E-state index in [0.29, 0.717) is 19.3 Å². The predicted octanol–water partition coefficient (Wildman–Crippen LogP) is 2.07. The minimum absolute atomic E-state index is 0.0314. The summed E-state index contributed by atoms with van der Waals surface area (Å²) in [5.74, 6) is 0.0314. The fourth-order valence-corrected chi connectivity index (χ4v) is 4.29. The van der Waals surface area contributed by atoms with E-state index in [0.717, 1.165) is 17.5 Å². The van der Waals surface area contributed by atoms with Gasteiger partial charge in [0.1, 0.15) is 0 Å². The third-order valence-electron chi connectivity index (χ3n) is 4.62. The van der Waals surface area contributed by atoms with E-state index >= 15 is 0 Å². The molecule has 5 heteroatoms. The first kappa shape index (κ1) is 17.1. The zero-order chi connectivity index (χ0) is 17.0. The number of aliphatic hydroxyl groups is 1. The topological polar surface area (TPSA) is 66.4 Å². The van der Waals surface area contributed by atoms with Gasteiger partial charge in [0.25, 0.3) is 0 Å². The van der Waals surface area contributed by atoms with Crippen LogP contribution in [0.25, 0.3) is 0 Å². The Balaban J connectivity index is 1.56. The molecule has 24 heavy (non-hydrogen) atoms. The molecule has 0 heterocycles. The molecule has 1 aliphatic carbocycles. The number of nitrogens with one attached hydrogen (secondary N) is 1. The lowest BCUT2D eigenvalue weighted by Crippen LogP contribution is -2.47. The molecule has 0 amide bonds. The summed E-state index contributed by atoms with van der Waals surface area (Å²) in [5.41, 5.74) is 2.34. The molecule has 0 fully saturated rings. The molecular formula is C19H23NO3S. The monoisotopic (exact) mass is 345 g/mol. The van der Waals surface area contributed by atoms with Gasteiger partial charge in [0.2, 0.25) is 10.0 Å². The Labute approximate surface area is 143 Å². The van der Waals surface area contributed by atoms with E-state index < -0.39 is 15.6 Å². The Hall–Kier alpha value is -1.69. The Kier molecular flexibility index (Phi) is 5.04. The molecule has 3 rings (SSSR count). The first-order valence-electron chi connectivity index (χ1n) is 8.26. The Bertz CT molecular complexity index is 789. The molecule has 0 bridgehead atoms. The van der Waals surface area contributed by atoms with Crippen molar-refractivity contribution in [3.63, 3.8) is 0 Å². The third kappa shape index (κ3) is 4.44. The number of rotatable bonds is 6. The van der Waals surface area contributed by atoms with E-state index in [4.69, 9.17) is 0 Å². The van der Waals surface area contributed by atoms with Crippen LogP contribution in [0.2, 0.25) is 0 Å². The molecule has 2 N–H and O–H groups in total. The SMILES string of the molecule is O=S(=O)(CCc1ccccc1)NCC1(O)CCc2ccccc2C1. The summed E-state index contributed by atoms with van der Waals surface area (Å²) >= 11 is 0. The first-order valence-corrected chi connectivity index (χ1v) is 9.91. The van der Waals surface area contributed by atoms with Gasteiger partial charge in [-0.2, -0.15) is 0 Å². The minimum Gasteiger partial charge on any atom is -0.388 e. The molecule has 0 aliphatic heterocycles. The van der Waals surface area contributed by atoms with Gasteiger partial charge in [-0.15, -0.1) is 0 Å². The van der Waals surface area contributed by atoms with Crippen molar-refractivity contribution >= 4 is 10.0 Å². The van der Waals surface area contributed by atoms with E-state index in [1.165, 1.54) is 5.56 Å². The summed E-state index contributed by atoms with van der Waals surface area (Å²) in [7, 11) is -3.40. The summed E-state index contributed by atoms with van der Waals surface area (Å²) in [5, 5.41) is 10.7. The lowest BCUT2D eigenvalue weighted by Gasteiger charge is -2.33. The standard InChI is InChI=1S/C19H23NO3S/c21-19(12-10-17-8-4-5-9-18(17)14-19)15-20-24(22,23)13-11-16-6-2-1-3-7-16/h1-9,20-21H,10-15H2. The Morgan fingerprint density at radius 3 is 2.42 bits per heavy atom. The summed E-state index contributed by atoms with van der Waals surface area (Å²) in [6, 6.07) is 17.6. The van der Waals surface area contributed by atoms with Gasteiger partial charge in [0.05, 0.1) is 11.4 Å². The van der Waals surface area contributed by atoms with Gasteiger partial charge in [0, 0.05) is 13.0 Å². The summed E-state index contributed by atoms with van der Waals surface area (Å²) in [6.45, 7) is 0.0679. The first-order chi connectivity index (χ1) is 11.5. The van der Waals surface area contributed by atoms with Crippen molar-refractivity contribution in [1.82, 2.24) is 4.72 Å². The second kappa shape index (κ2) is 7.05. The molecule has 128 valence electrons. The molecule has 2 aromatic carbocycles. The van der Waals surface area contributed by atoms with E-state index in [1.807, 2.05) is 48.5 Å². The van der Waals surface area contributed by atoms with Gasteiger partial charge in [-0.3, -0.25) is 0 Å². The quantitative estimate of drug-likeness (QED) is 0.842. The molecule has 0 radical (unpaired) electrons. The van der Waals surface area contributed by atoms with E-state index in [-0.39, 0.29) is 12.3 Å². The fourth-order valence-electron chi connectivity index (χ4n) is 3.15. The zero-order valence-electron chi connectivity index (χ0n) is 13.6. The zero-order valence-corrected chi connectivity index (χ0v) is 14.4. The van der Waals surface area contributed by atoms with Crippen molar-refractivity contribution in [3.05, 3.63) is 71.3 Å². The second-order valence-corrected chi connectivity index (χ2v) is 8.47. The van der Waals surface area contributed by atoms with Crippen molar-refractivity contribution < 1.29 is 13.5 Å². The van der Waals surface area contributed by atoms with Gasteiger partial charge in [0.15, 0.2) is 0 Å². The average Bonchev–Trinajstić information content (AvgIpc) is 2.60. The molecule has 4 nitrogen and oxygen atoms in total. The normalized spacial score (nSPS) is 20.5. The molecule has 0 aromatic heterocycles. The van der Waals surface area contributed by atoms with Gasteiger partial charge >= 0.3 is 0 Å². The minimum atomic E-state index is -3.40. The van der Waals surface area contributed by atoms with E-state index in [9.17, 15) is 13.5 Å². The van der Waals surface area contributed by atoms with Crippen molar-refractivity contribution in [2.24, 2.45) is 0 Å². The molecule has 1 aliphatic rings. The van der Waals surface area contributed by atoms with Crippen molar-refractivity contribution in [3.8, 4) is 0 Å². The van der Waals surface area contributed by atoms with Crippen LogP contribution in [0.4, 0.5) is 0 Å². The Morgan fingerprint density at radius 1 is 1.00 bits per heavy atom. The maximum absolute atomic E-state index is 12.2. The average molecular weight is 345 g/mol. The van der Waals surface area contributed by atoms with Crippen LogP contribution in [-0.4, -0.2) is 31.4 Å². The number of fused-ring (bicyclic) bond motifs is 1. The molecule has 2 aromatic rings. The fraction of sp³-hybridized carbons (Fsp3) is 0.368. The van der Waals surface area contributed by atoms with Crippen LogP contribution in [0.3, 0.4) is 0 Å². The second-order valence-electron chi connectivity index (χ2n) is 6.55. The third-order valence-corrected chi connectivity index (χ3v) is 5.95. The van der Waals surface area contributed by atoms with Crippen LogP contribution in [-0.2, 0) is 29.3 Å². The van der Waals surface area contributed by atoms with Crippen LogP contribution in [0.1, 0.15) is 23.1 Å². The van der Waals surface area contributed by atoms with Crippen LogP contribution in [0, 0.1) is 0 Å². The molecular weight excluding hydrogens is 322 g/mol. The molecule has 0 saturated heterocycles. The number of aryl methyl sites for hydroxylation is 2. The highest BCUT2D eigenvalue weighted by Crippen LogP contribution is 2.28. The number of hydrogen-bond donors (Lipinski definition) is 2. The van der Waals surface area contributed by atoms with Crippen molar-refractivity contribution in [1.29, 1.82) is 0 Å². The van der Waals surface area contributed by atoms with Crippen LogP contribution >= 0.6 is 0 Å². The smallest absolute Gasteiger partial charge is 0.212 e. The lowest BCUT2D eigenvalue weighted by molar-refractivity contribution is 0.0317. The molecule has 0 spiro atoms. The number of benzene rings is 2. The maximum atomic E-state index is 12.2. The van der Waals surface area contributed by atoms with E-state index in [1.54, 1.807) is 0 Å². The van der Waals surface area contributed by atoms with Crippen LogP contribution in [0.5, 0.6) is 0 Å². The van der Waals surface area contributed by atoms with Crippen molar-refractivity contribution in [2.45, 2.75) is 31.3 Å². The maximum Gasteiger partial charge on any atom is 0.212 e. The molecule has 1 unspecified atom stereocenters. The lowest BCUT2D eigenvalue weighted by atomic mass is 9.80. The summed E-state index contributed by atoms with van der Waals surface area (Å²) in [4.78, 5) is 0. The van der Waals surface area contributed by atoms with Gasteiger partial charge in [-0.05, 0) is 36.0 Å². The Morgan fingerprint density at radius 2 is 1.67 bits per heavy atom. The summed E-state index contributed by atoms with van der Waals surface area (Å²) < 4.78 is 27.0. The summed E-state index contributed by atoms with van der Waals surface area (Å²) in [6.07, 6.45) is 2.31. The van der Waals surface area contributed by atoms with Crippen molar-refractivity contribution in [2.75, 3.05) is 12.3 Å². The largest absolute Gasteiger partial charge is 0.388 e. The molecule has 0 saturated carbocycles. The highest BCUT2D eigenvalue weighted by Gasteiger charge is 2.33. The van der Waals surface area contributed by atoms with Crippen LogP contribution < -0.4 is 4.72 Å². The van der Waals surface area contributed by atoms with Gasteiger partial charge in [-0.25, -0.2) is 13.1 Å². The van der Waals surface area contributed by atoms with Gasteiger partial charge in [-0.1, -0.05) is 54.6 Å². The van der Waals surface area contributed by atoms with Crippen LogP contribution in [0.15, 0.2) is 54.6 Å². The number of hydrogen-bond acceptors (Lipinski definition) is 3. The predicted molar refractivity (Wildman–Crippen MR) is 95.4 cm³/mol.